The first-order valence-electron chi connectivity index (χ1n) is 10.0. The molecule has 3 atom stereocenters. The Morgan fingerprint density at radius 3 is 3.08 bits per heavy atom. The molecule has 26 heavy (non-hydrogen) atoms. The van der Waals surface area contributed by atoms with Gasteiger partial charge in [-0.1, -0.05) is 13.0 Å². The first-order chi connectivity index (χ1) is 12.7. The lowest BCUT2D eigenvalue weighted by Crippen LogP contribution is -2.41. The average molecular weight is 355 g/mol. The SMILES string of the molecule is CC(CC(=O)N1CCCC(c2nnc3ccccn23)C1)C1CCCNC1. The van der Waals surface area contributed by atoms with Crippen LogP contribution in [0.15, 0.2) is 24.4 Å². The lowest BCUT2D eigenvalue weighted by Gasteiger charge is -2.34. The highest BCUT2D eigenvalue weighted by Crippen LogP contribution is 2.28. The van der Waals surface area contributed by atoms with Crippen molar-refractivity contribution in [3.63, 3.8) is 0 Å². The molecule has 4 rings (SSSR count). The van der Waals surface area contributed by atoms with Gasteiger partial charge in [0.25, 0.3) is 0 Å². The fourth-order valence-corrected chi connectivity index (χ4v) is 4.49. The summed E-state index contributed by atoms with van der Waals surface area (Å²) in [7, 11) is 0. The number of rotatable bonds is 4. The van der Waals surface area contributed by atoms with Gasteiger partial charge in [-0.2, -0.15) is 0 Å². The van der Waals surface area contributed by atoms with E-state index in [9.17, 15) is 4.79 Å². The predicted octanol–water partition coefficient (Wildman–Crippen LogP) is 2.46. The minimum absolute atomic E-state index is 0.275. The quantitative estimate of drug-likeness (QED) is 0.915. The topological polar surface area (TPSA) is 62.5 Å². The molecule has 2 saturated heterocycles. The molecule has 6 nitrogen and oxygen atoms in total. The summed E-state index contributed by atoms with van der Waals surface area (Å²) in [5.41, 5.74) is 0.879. The summed E-state index contributed by atoms with van der Waals surface area (Å²) in [5, 5.41) is 12.2. The smallest absolute Gasteiger partial charge is 0.222 e. The zero-order valence-corrected chi connectivity index (χ0v) is 15.6. The fraction of sp³-hybridized carbons (Fsp3) is 0.650. The molecule has 0 aromatic carbocycles. The largest absolute Gasteiger partial charge is 0.342 e. The number of piperidine rings is 2. The second-order valence-corrected chi connectivity index (χ2v) is 7.95. The summed E-state index contributed by atoms with van der Waals surface area (Å²) < 4.78 is 2.06. The van der Waals surface area contributed by atoms with Crippen molar-refractivity contribution in [2.75, 3.05) is 26.2 Å². The maximum absolute atomic E-state index is 12.9. The van der Waals surface area contributed by atoms with Crippen molar-refractivity contribution >= 4 is 11.6 Å². The van der Waals surface area contributed by atoms with Crippen LogP contribution in [0.4, 0.5) is 0 Å². The highest BCUT2D eigenvalue weighted by molar-refractivity contribution is 5.76. The Balaban J connectivity index is 1.40. The maximum Gasteiger partial charge on any atom is 0.222 e. The molecule has 2 aromatic heterocycles. The molecule has 0 radical (unpaired) electrons. The van der Waals surface area contributed by atoms with Crippen LogP contribution in [0.5, 0.6) is 0 Å². The number of amides is 1. The van der Waals surface area contributed by atoms with Gasteiger partial charge in [-0.05, 0) is 62.7 Å². The van der Waals surface area contributed by atoms with Crippen LogP contribution in [-0.4, -0.2) is 51.6 Å². The third kappa shape index (κ3) is 3.61. The van der Waals surface area contributed by atoms with E-state index in [-0.39, 0.29) is 5.92 Å². The summed E-state index contributed by atoms with van der Waals surface area (Å²) in [5.74, 6) is 2.65. The molecule has 4 heterocycles. The van der Waals surface area contributed by atoms with Gasteiger partial charge in [-0.15, -0.1) is 10.2 Å². The molecule has 3 unspecified atom stereocenters. The predicted molar refractivity (Wildman–Crippen MR) is 101 cm³/mol. The standard InChI is InChI=1S/C20H29N5O/c1-15(16-6-4-9-21-13-16)12-19(26)24-10-5-7-17(14-24)20-23-22-18-8-2-3-11-25(18)20/h2-3,8,11,15-17,21H,4-7,9-10,12-14H2,1H3. The monoisotopic (exact) mass is 355 g/mol. The zero-order valence-electron chi connectivity index (χ0n) is 15.6. The second kappa shape index (κ2) is 7.74. The van der Waals surface area contributed by atoms with Gasteiger partial charge in [0.05, 0.1) is 0 Å². The van der Waals surface area contributed by atoms with E-state index in [0.717, 1.165) is 50.5 Å². The van der Waals surface area contributed by atoms with Crippen LogP contribution in [0.25, 0.3) is 5.65 Å². The Kier molecular flexibility index (Phi) is 5.20. The molecule has 2 aromatic rings. The Hall–Kier alpha value is -1.95. The lowest BCUT2D eigenvalue weighted by atomic mass is 9.85. The zero-order chi connectivity index (χ0) is 17.9. The minimum Gasteiger partial charge on any atom is -0.342 e. The fourth-order valence-electron chi connectivity index (χ4n) is 4.49. The van der Waals surface area contributed by atoms with Crippen molar-refractivity contribution in [1.29, 1.82) is 0 Å². The van der Waals surface area contributed by atoms with E-state index in [4.69, 9.17) is 0 Å². The Morgan fingerprint density at radius 1 is 1.31 bits per heavy atom. The summed E-state index contributed by atoms with van der Waals surface area (Å²) in [6, 6.07) is 5.96. The Morgan fingerprint density at radius 2 is 2.23 bits per heavy atom. The van der Waals surface area contributed by atoms with Crippen molar-refractivity contribution in [1.82, 2.24) is 24.8 Å². The van der Waals surface area contributed by atoms with Crippen LogP contribution in [0.1, 0.15) is 50.8 Å². The summed E-state index contributed by atoms with van der Waals surface area (Å²) >= 11 is 0. The van der Waals surface area contributed by atoms with Crippen LogP contribution in [-0.2, 0) is 4.79 Å². The van der Waals surface area contributed by atoms with Gasteiger partial charge >= 0.3 is 0 Å². The van der Waals surface area contributed by atoms with E-state index in [2.05, 4.69) is 31.7 Å². The van der Waals surface area contributed by atoms with Gasteiger partial charge in [0.2, 0.25) is 5.91 Å². The molecule has 0 saturated carbocycles. The van der Waals surface area contributed by atoms with Crippen molar-refractivity contribution in [3.05, 3.63) is 30.2 Å². The van der Waals surface area contributed by atoms with Gasteiger partial charge in [-0.3, -0.25) is 9.20 Å². The van der Waals surface area contributed by atoms with Crippen LogP contribution in [0.2, 0.25) is 0 Å². The first kappa shape index (κ1) is 17.5. The number of likely N-dealkylation sites (tertiary alicyclic amines) is 1. The summed E-state index contributed by atoms with van der Waals surface area (Å²) in [6.45, 7) is 6.06. The molecule has 2 aliphatic rings. The molecular weight excluding hydrogens is 326 g/mol. The number of nitrogens with one attached hydrogen (secondary N) is 1. The van der Waals surface area contributed by atoms with E-state index < -0.39 is 0 Å². The van der Waals surface area contributed by atoms with Gasteiger partial charge in [0, 0.05) is 31.6 Å². The average Bonchev–Trinajstić information content (AvgIpc) is 3.13. The Bertz CT molecular complexity index is 751. The number of hydrogen-bond donors (Lipinski definition) is 1. The highest BCUT2D eigenvalue weighted by atomic mass is 16.2. The number of fused-ring (bicyclic) bond motifs is 1. The molecule has 6 heteroatoms. The van der Waals surface area contributed by atoms with Crippen molar-refractivity contribution in [2.24, 2.45) is 11.8 Å². The van der Waals surface area contributed by atoms with Gasteiger partial charge in [0.1, 0.15) is 5.82 Å². The van der Waals surface area contributed by atoms with E-state index in [1.807, 2.05) is 24.4 Å². The van der Waals surface area contributed by atoms with Gasteiger partial charge < -0.3 is 10.2 Å². The number of aromatic nitrogens is 3. The van der Waals surface area contributed by atoms with Crippen LogP contribution in [0.3, 0.4) is 0 Å². The van der Waals surface area contributed by atoms with E-state index >= 15 is 0 Å². The minimum atomic E-state index is 0.275. The normalized spacial score (nSPS) is 25.3. The molecule has 2 fully saturated rings. The van der Waals surface area contributed by atoms with Crippen molar-refractivity contribution < 1.29 is 4.79 Å². The molecule has 140 valence electrons. The molecule has 1 amide bonds. The second-order valence-electron chi connectivity index (χ2n) is 7.95. The molecule has 2 aliphatic heterocycles. The molecule has 0 spiro atoms. The molecular formula is C20H29N5O. The molecule has 0 bridgehead atoms. The number of carbonyl (C=O) groups excluding carboxylic acids is 1. The van der Waals surface area contributed by atoms with E-state index in [1.165, 1.54) is 12.8 Å². The number of hydrogen-bond acceptors (Lipinski definition) is 4. The van der Waals surface area contributed by atoms with Crippen molar-refractivity contribution in [3.8, 4) is 0 Å². The highest BCUT2D eigenvalue weighted by Gasteiger charge is 2.30. The number of carbonyl (C=O) groups is 1. The van der Waals surface area contributed by atoms with Gasteiger partial charge in [0.15, 0.2) is 5.65 Å². The van der Waals surface area contributed by atoms with Crippen LogP contribution >= 0.6 is 0 Å². The number of nitrogens with zero attached hydrogens (tertiary/aromatic N) is 4. The molecule has 0 aliphatic carbocycles. The van der Waals surface area contributed by atoms with E-state index in [1.54, 1.807) is 0 Å². The van der Waals surface area contributed by atoms with Crippen molar-refractivity contribution in [2.45, 2.75) is 44.9 Å². The summed E-state index contributed by atoms with van der Waals surface area (Å²) in [6.07, 6.45) is 7.27. The third-order valence-electron chi connectivity index (χ3n) is 6.12. The number of pyridine rings is 1. The van der Waals surface area contributed by atoms with Gasteiger partial charge in [-0.25, -0.2) is 0 Å². The summed E-state index contributed by atoms with van der Waals surface area (Å²) in [4.78, 5) is 15.0. The maximum atomic E-state index is 12.9. The third-order valence-corrected chi connectivity index (χ3v) is 6.12. The first-order valence-corrected chi connectivity index (χ1v) is 10.0. The van der Waals surface area contributed by atoms with Crippen LogP contribution < -0.4 is 5.32 Å². The lowest BCUT2D eigenvalue weighted by molar-refractivity contribution is -0.133. The molecule has 1 N–H and O–H groups in total. The van der Waals surface area contributed by atoms with E-state index in [0.29, 0.717) is 24.2 Å². The van der Waals surface area contributed by atoms with Crippen LogP contribution in [0, 0.1) is 11.8 Å². The Labute approximate surface area is 155 Å².